The van der Waals surface area contributed by atoms with E-state index in [-0.39, 0.29) is 24.0 Å². The van der Waals surface area contributed by atoms with Crippen molar-refractivity contribution < 1.29 is 0 Å². The lowest BCUT2D eigenvalue weighted by atomic mass is 9.89. The maximum atomic E-state index is 4.66. The van der Waals surface area contributed by atoms with Crippen molar-refractivity contribution in [3.63, 3.8) is 0 Å². The largest absolute Gasteiger partial charge is 0.354 e. The highest BCUT2D eigenvalue weighted by molar-refractivity contribution is 14.0. The third-order valence-corrected chi connectivity index (χ3v) is 5.03. The number of piperazine rings is 1. The van der Waals surface area contributed by atoms with Crippen LogP contribution in [0.2, 0.25) is 0 Å². The molecule has 1 aromatic rings. The minimum Gasteiger partial charge on any atom is -0.354 e. The molecule has 0 aliphatic carbocycles. The first-order valence-corrected chi connectivity index (χ1v) is 10.1. The van der Waals surface area contributed by atoms with Gasteiger partial charge in [-0.15, -0.1) is 24.0 Å². The molecule has 160 valence electrons. The first kappa shape index (κ1) is 24.9. The number of aliphatic imine (C=N–C) groups is 1. The molecular weight excluding hydrogens is 463 g/mol. The van der Waals surface area contributed by atoms with Crippen molar-refractivity contribution in [2.75, 3.05) is 45.2 Å². The molecule has 1 unspecified atom stereocenters. The van der Waals surface area contributed by atoms with E-state index in [1.54, 1.807) is 0 Å². The number of hydrogen-bond donors (Lipinski definition) is 2. The molecular formula is C21H39IN6. The van der Waals surface area contributed by atoms with Gasteiger partial charge in [-0.1, -0.05) is 26.8 Å². The van der Waals surface area contributed by atoms with E-state index in [2.05, 4.69) is 77.3 Å². The summed E-state index contributed by atoms with van der Waals surface area (Å²) in [7, 11) is 3.99. The fraction of sp³-hybridized carbons (Fsp3) is 0.714. The lowest BCUT2D eigenvalue weighted by molar-refractivity contribution is 0.312. The highest BCUT2D eigenvalue weighted by Gasteiger charge is 2.15. The zero-order valence-corrected chi connectivity index (χ0v) is 20.8. The second-order valence-corrected chi connectivity index (χ2v) is 8.89. The van der Waals surface area contributed by atoms with Crippen LogP contribution in [0.1, 0.15) is 46.1 Å². The lowest BCUT2D eigenvalue weighted by Crippen LogP contribution is -2.44. The summed E-state index contributed by atoms with van der Waals surface area (Å²) >= 11 is 0. The topological polar surface area (TPSA) is 55.8 Å². The van der Waals surface area contributed by atoms with Gasteiger partial charge in [-0.05, 0) is 43.9 Å². The molecule has 1 fully saturated rings. The first-order valence-electron chi connectivity index (χ1n) is 10.1. The molecule has 1 aliphatic rings. The molecule has 6 nitrogen and oxygen atoms in total. The second-order valence-electron chi connectivity index (χ2n) is 8.89. The Morgan fingerprint density at radius 1 is 1.21 bits per heavy atom. The molecule has 7 heteroatoms. The highest BCUT2D eigenvalue weighted by Crippen LogP contribution is 2.21. The van der Waals surface area contributed by atoms with Crippen molar-refractivity contribution in [1.29, 1.82) is 0 Å². The molecule has 0 bridgehead atoms. The van der Waals surface area contributed by atoms with Gasteiger partial charge < -0.3 is 20.4 Å². The van der Waals surface area contributed by atoms with Crippen LogP contribution in [0, 0.1) is 5.41 Å². The Labute approximate surface area is 188 Å². The number of hydrogen-bond acceptors (Lipinski definition) is 4. The quantitative estimate of drug-likeness (QED) is 0.355. The number of pyridine rings is 1. The van der Waals surface area contributed by atoms with Crippen LogP contribution in [0.25, 0.3) is 0 Å². The number of halogens is 1. The van der Waals surface area contributed by atoms with Gasteiger partial charge in [0.05, 0.1) is 0 Å². The summed E-state index contributed by atoms with van der Waals surface area (Å²) in [6.07, 6.45) is 4.29. The molecule has 1 saturated heterocycles. The molecule has 0 radical (unpaired) electrons. The molecule has 1 atom stereocenters. The van der Waals surface area contributed by atoms with E-state index in [0.717, 1.165) is 56.5 Å². The van der Waals surface area contributed by atoms with Gasteiger partial charge in [0.1, 0.15) is 5.82 Å². The van der Waals surface area contributed by atoms with Crippen molar-refractivity contribution in [3.05, 3.63) is 23.9 Å². The maximum absolute atomic E-state index is 4.66. The van der Waals surface area contributed by atoms with Crippen molar-refractivity contribution in [3.8, 4) is 0 Å². The monoisotopic (exact) mass is 502 g/mol. The van der Waals surface area contributed by atoms with Crippen molar-refractivity contribution in [2.24, 2.45) is 10.4 Å². The van der Waals surface area contributed by atoms with Crippen LogP contribution >= 0.6 is 24.0 Å². The summed E-state index contributed by atoms with van der Waals surface area (Å²) in [4.78, 5) is 13.7. The molecule has 1 aromatic heterocycles. The van der Waals surface area contributed by atoms with Crippen molar-refractivity contribution in [1.82, 2.24) is 20.5 Å². The van der Waals surface area contributed by atoms with E-state index in [1.807, 2.05) is 13.2 Å². The Bertz CT molecular complexity index is 588. The van der Waals surface area contributed by atoms with E-state index >= 15 is 0 Å². The number of anilines is 1. The fourth-order valence-electron chi connectivity index (χ4n) is 3.08. The van der Waals surface area contributed by atoms with Crippen molar-refractivity contribution in [2.45, 2.75) is 53.1 Å². The molecule has 1 aliphatic heterocycles. The number of guanidine groups is 1. The first-order chi connectivity index (χ1) is 12.8. The number of nitrogens with one attached hydrogen (secondary N) is 2. The number of rotatable bonds is 6. The highest BCUT2D eigenvalue weighted by atomic mass is 127. The number of aromatic nitrogens is 1. The van der Waals surface area contributed by atoms with Gasteiger partial charge in [-0.2, -0.15) is 0 Å². The van der Waals surface area contributed by atoms with Gasteiger partial charge in [0.15, 0.2) is 5.96 Å². The SMILES string of the molecule is CN=C(NCc1ccc(N2CCN(C)CC2)nc1)NC(C)CCC(C)(C)C.I. The molecule has 0 aromatic carbocycles. The summed E-state index contributed by atoms with van der Waals surface area (Å²) < 4.78 is 0. The van der Waals surface area contributed by atoms with Gasteiger partial charge in [-0.25, -0.2) is 4.98 Å². The van der Waals surface area contributed by atoms with Crippen LogP contribution in [-0.2, 0) is 6.54 Å². The van der Waals surface area contributed by atoms with E-state index in [0.29, 0.717) is 11.5 Å². The van der Waals surface area contributed by atoms with E-state index in [4.69, 9.17) is 0 Å². The molecule has 2 heterocycles. The minimum atomic E-state index is 0. The molecule has 0 saturated carbocycles. The van der Waals surface area contributed by atoms with Gasteiger partial charge in [-0.3, -0.25) is 4.99 Å². The third-order valence-electron chi connectivity index (χ3n) is 5.03. The molecule has 0 spiro atoms. The molecule has 28 heavy (non-hydrogen) atoms. The van der Waals surface area contributed by atoms with Crippen LogP contribution in [0.5, 0.6) is 0 Å². The predicted molar refractivity (Wildman–Crippen MR) is 131 cm³/mol. The minimum absolute atomic E-state index is 0. The van der Waals surface area contributed by atoms with Gasteiger partial charge in [0.2, 0.25) is 0 Å². The second kappa shape index (κ2) is 11.8. The van der Waals surface area contributed by atoms with E-state index in [9.17, 15) is 0 Å². The zero-order chi connectivity index (χ0) is 19.9. The maximum Gasteiger partial charge on any atom is 0.191 e. The standard InChI is InChI=1S/C21H38N6.HI/c1-17(9-10-21(2,3)4)25-20(22-5)24-16-18-7-8-19(23-15-18)27-13-11-26(6)12-14-27;/h7-8,15,17H,9-14,16H2,1-6H3,(H2,22,24,25);1H. The number of likely N-dealkylation sites (N-methyl/N-ethyl adjacent to an activating group) is 1. The Hall–Kier alpha value is -1.09. The van der Waals surface area contributed by atoms with Crippen LogP contribution in [0.15, 0.2) is 23.3 Å². The molecule has 0 amide bonds. The Kier molecular flexibility index (Phi) is 10.5. The molecule has 2 N–H and O–H groups in total. The molecule has 2 rings (SSSR count). The summed E-state index contributed by atoms with van der Waals surface area (Å²) in [5.74, 6) is 1.92. The normalized spacial score (nSPS) is 17.1. The Balaban J connectivity index is 0.00000392. The summed E-state index contributed by atoms with van der Waals surface area (Å²) in [6, 6.07) is 4.68. The van der Waals surface area contributed by atoms with Gasteiger partial charge in [0, 0.05) is 52.0 Å². The van der Waals surface area contributed by atoms with Crippen LogP contribution in [0.3, 0.4) is 0 Å². The van der Waals surface area contributed by atoms with E-state index in [1.165, 1.54) is 6.42 Å². The van der Waals surface area contributed by atoms with Crippen LogP contribution in [-0.4, -0.2) is 62.2 Å². The summed E-state index contributed by atoms with van der Waals surface area (Å²) in [5.41, 5.74) is 1.53. The average molecular weight is 502 g/mol. The summed E-state index contributed by atoms with van der Waals surface area (Å²) in [6.45, 7) is 14.1. The fourth-order valence-corrected chi connectivity index (χ4v) is 3.08. The van der Waals surface area contributed by atoms with E-state index < -0.39 is 0 Å². The lowest BCUT2D eigenvalue weighted by Gasteiger charge is -2.33. The van der Waals surface area contributed by atoms with Crippen LogP contribution in [0.4, 0.5) is 5.82 Å². The Morgan fingerprint density at radius 3 is 2.43 bits per heavy atom. The smallest absolute Gasteiger partial charge is 0.191 e. The third kappa shape index (κ3) is 8.94. The van der Waals surface area contributed by atoms with Crippen LogP contribution < -0.4 is 15.5 Å². The summed E-state index contributed by atoms with van der Waals surface area (Å²) in [5, 5.41) is 6.88. The van der Waals surface area contributed by atoms with Gasteiger partial charge in [0.25, 0.3) is 0 Å². The van der Waals surface area contributed by atoms with Crippen molar-refractivity contribution >= 4 is 35.8 Å². The predicted octanol–water partition coefficient (Wildman–Crippen LogP) is 3.33. The van der Waals surface area contributed by atoms with Gasteiger partial charge >= 0.3 is 0 Å². The number of nitrogens with zero attached hydrogens (tertiary/aromatic N) is 4. The zero-order valence-electron chi connectivity index (χ0n) is 18.5. The average Bonchev–Trinajstić information content (AvgIpc) is 2.64. The Morgan fingerprint density at radius 2 is 1.89 bits per heavy atom.